The minimum atomic E-state index is -0.745. The summed E-state index contributed by atoms with van der Waals surface area (Å²) in [6.45, 7) is 2.08. The van der Waals surface area contributed by atoms with E-state index < -0.39 is 11.6 Å². The van der Waals surface area contributed by atoms with Crippen LogP contribution in [0.25, 0.3) is 0 Å². The number of nitrogens with zero attached hydrogens (tertiary/aromatic N) is 3. The van der Waals surface area contributed by atoms with Crippen LogP contribution in [0.1, 0.15) is 57.1 Å². The van der Waals surface area contributed by atoms with Crippen molar-refractivity contribution in [1.82, 2.24) is 9.97 Å². The number of amidine groups is 1. The zero-order valence-corrected chi connectivity index (χ0v) is 19.5. The molecule has 0 radical (unpaired) electrons. The fourth-order valence-corrected chi connectivity index (χ4v) is 4.49. The molecule has 0 amide bonds. The number of hydrogen-bond acceptors (Lipinski definition) is 5. The molecular formula is C26H31F2N5O. The smallest absolute Gasteiger partial charge is 0.223 e. The molecule has 2 aliphatic rings. The highest BCUT2D eigenvalue weighted by Crippen LogP contribution is 2.27. The summed E-state index contributed by atoms with van der Waals surface area (Å²) in [5, 5.41) is 15.8. The van der Waals surface area contributed by atoms with Crippen LogP contribution in [0.3, 0.4) is 0 Å². The van der Waals surface area contributed by atoms with Crippen LogP contribution in [0.4, 0.5) is 26.1 Å². The standard InChI is InChI=1S/C26H31F2N5O/c1-17-23(15-29-26(30-17)31-20-12-9-19(16-34)10-13-20)32-24(14-11-18-5-2-3-6-18)33-25-21(27)7-4-8-22(25)28/h4,7-8,15,18-20,34H,2-3,5-6,9-10,12-13,16H2,1H3,(H,32,33)(H,29,30,31). The van der Waals surface area contributed by atoms with E-state index >= 15 is 0 Å². The Morgan fingerprint density at radius 1 is 1.12 bits per heavy atom. The summed E-state index contributed by atoms with van der Waals surface area (Å²) in [4.78, 5) is 13.2. The van der Waals surface area contributed by atoms with Gasteiger partial charge in [0.1, 0.15) is 5.69 Å². The van der Waals surface area contributed by atoms with Gasteiger partial charge >= 0.3 is 0 Å². The van der Waals surface area contributed by atoms with Crippen LogP contribution >= 0.6 is 0 Å². The molecule has 2 aromatic rings. The fourth-order valence-electron chi connectivity index (χ4n) is 4.49. The quantitative estimate of drug-likeness (QED) is 0.313. The number of rotatable bonds is 5. The number of benzene rings is 1. The van der Waals surface area contributed by atoms with Crippen molar-refractivity contribution in [2.75, 3.05) is 17.2 Å². The average molecular weight is 468 g/mol. The number of hydrogen-bond donors (Lipinski definition) is 3. The van der Waals surface area contributed by atoms with E-state index in [1.165, 1.54) is 18.2 Å². The summed E-state index contributed by atoms with van der Waals surface area (Å²) >= 11 is 0. The van der Waals surface area contributed by atoms with Crippen LogP contribution in [-0.2, 0) is 0 Å². The lowest BCUT2D eigenvalue weighted by Crippen LogP contribution is -2.28. The van der Waals surface area contributed by atoms with Gasteiger partial charge in [0.25, 0.3) is 0 Å². The number of aryl methyl sites for hydroxylation is 1. The maximum absolute atomic E-state index is 14.2. The zero-order chi connectivity index (χ0) is 23.9. The van der Waals surface area contributed by atoms with Gasteiger partial charge in [0.15, 0.2) is 17.5 Å². The summed E-state index contributed by atoms with van der Waals surface area (Å²) < 4.78 is 28.4. The highest BCUT2D eigenvalue weighted by atomic mass is 19.1. The van der Waals surface area contributed by atoms with Gasteiger partial charge < -0.3 is 15.7 Å². The zero-order valence-electron chi connectivity index (χ0n) is 19.5. The Balaban J connectivity index is 1.52. The molecule has 0 saturated heterocycles. The molecular weight excluding hydrogens is 436 g/mol. The molecule has 8 heteroatoms. The summed E-state index contributed by atoms with van der Waals surface area (Å²) in [6.07, 6.45) is 9.87. The number of para-hydroxylation sites is 1. The van der Waals surface area contributed by atoms with Crippen molar-refractivity contribution in [2.24, 2.45) is 16.8 Å². The van der Waals surface area contributed by atoms with E-state index in [1.54, 1.807) is 6.20 Å². The molecule has 1 aromatic carbocycles. The highest BCUT2D eigenvalue weighted by Gasteiger charge is 2.21. The Morgan fingerprint density at radius 3 is 2.47 bits per heavy atom. The van der Waals surface area contributed by atoms with Crippen molar-refractivity contribution in [3.63, 3.8) is 0 Å². The van der Waals surface area contributed by atoms with Gasteiger partial charge in [-0.25, -0.2) is 23.7 Å². The number of aliphatic hydroxyl groups is 1. The van der Waals surface area contributed by atoms with E-state index in [4.69, 9.17) is 0 Å². The molecule has 0 bridgehead atoms. The van der Waals surface area contributed by atoms with E-state index in [2.05, 4.69) is 37.4 Å². The number of aliphatic imine (C=N–C) groups is 1. The first-order valence-corrected chi connectivity index (χ1v) is 12.0. The number of nitrogens with one attached hydrogen (secondary N) is 2. The van der Waals surface area contributed by atoms with Gasteiger partial charge in [-0.3, -0.25) is 0 Å². The second kappa shape index (κ2) is 11.4. The monoisotopic (exact) mass is 467 g/mol. The third-order valence-electron chi connectivity index (χ3n) is 6.58. The third kappa shape index (κ3) is 6.29. The molecule has 4 rings (SSSR count). The second-order valence-corrected chi connectivity index (χ2v) is 9.14. The van der Waals surface area contributed by atoms with E-state index in [1.807, 2.05) is 6.92 Å². The fraction of sp³-hybridized carbons (Fsp3) is 0.500. The van der Waals surface area contributed by atoms with Crippen LogP contribution in [0.5, 0.6) is 0 Å². The minimum Gasteiger partial charge on any atom is -0.396 e. The molecule has 2 fully saturated rings. The lowest BCUT2D eigenvalue weighted by Gasteiger charge is -2.28. The van der Waals surface area contributed by atoms with E-state index in [0.717, 1.165) is 51.4 Å². The van der Waals surface area contributed by atoms with Crippen LogP contribution in [0, 0.1) is 42.2 Å². The van der Waals surface area contributed by atoms with Gasteiger partial charge in [0, 0.05) is 18.6 Å². The van der Waals surface area contributed by atoms with E-state index in [9.17, 15) is 13.9 Å². The molecule has 1 heterocycles. The summed E-state index contributed by atoms with van der Waals surface area (Å²) in [7, 11) is 0. The van der Waals surface area contributed by atoms with Crippen LogP contribution in [0.2, 0.25) is 0 Å². The minimum absolute atomic E-state index is 0.158. The molecule has 34 heavy (non-hydrogen) atoms. The van der Waals surface area contributed by atoms with Crippen molar-refractivity contribution in [2.45, 2.75) is 64.3 Å². The first kappa shape index (κ1) is 24.1. The van der Waals surface area contributed by atoms with Gasteiger partial charge in [-0.05, 0) is 69.4 Å². The maximum atomic E-state index is 14.2. The van der Waals surface area contributed by atoms with Crippen molar-refractivity contribution in [3.8, 4) is 11.8 Å². The molecule has 0 aliphatic heterocycles. The lowest BCUT2D eigenvalue weighted by atomic mass is 9.87. The number of anilines is 2. The molecule has 180 valence electrons. The predicted molar refractivity (Wildman–Crippen MR) is 130 cm³/mol. The predicted octanol–water partition coefficient (Wildman–Crippen LogP) is 5.36. The number of aliphatic hydroxyl groups excluding tert-OH is 1. The van der Waals surface area contributed by atoms with Crippen LogP contribution < -0.4 is 10.6 Å². The Bertz CT molecular complexity index is 1060. The first-order chi connectivity index (χ1) is 16.5. The number of aromatic nitrogens is 2. The van der Waals surface area contributed by atoms with Crippen LogP contribution in [-0.4, -0.2) is 33.6 Å². The van der Waals surface area contributed by atoms with Crippen molar-refractivity contribution in [3.05, 3.63) is 41.7 Å². The first-order valence-electron chi connectivity index (χ1n) is 12.0. The van der Waals surface area contributed by atoms with E-state index in [0.29, 0.717) is 23.2 Å². The Kier molecular flexibility index (Phi) is 8.07. The molecule has 2 aliphatic carbocycles. The van der Waals surface area contributed by atoms with Gasteiger partial charge in [-0.1, -0.05) is 24.8 Å². The summed E-state index contributed by atoms with van der Waals surface area (Å²) in [5.41, 5.74) is 0.873. The van der Waals surface area contributed by atoms with Gasteiger partial charge in [-0.15, -0.1) is 0 Å². The second-order valence-electron chi connectivity index (χ2n) is 9.14. The largest absolute Gasteiger partial charge is 0.396 e. The maximum Gasteiger partial charge on any atom is 0.223 e. The Labute approximate surface area is 199 Å². The van der Waals surface area contributed by atoms with Crippen molar-refractivity contribution < 1.29 is 13.9 Å². The SMILES string of the molecule is Cc1nc(NC2CCC(CO)CC2)ncc1NC(C#CC1CCCC1)=Nc1c(F)cccc1F. The molecule has 3 N–H and O–H groups in total. The van der Waals surface area contributed by atoms with Gasteiger partial charge in [0.05, 0.1) is 17.6 Å². The Morgan fingerprint density at radius 2 is 1.82 bits per heavy atom. The van der Waals surface area contributed by atoms with Crippen molar-refractivity contribution in [1.29, 1.82) is 0 Å². The topological polar surface area (TPSA) is 82.4 Å². The molecule has 1 aromatic heterocycles. The normalized spacial score (nSPS) is 21.1. The van der Waals surface area contributed by atoms with Gasteiger partial charge in [0.2, 0.25) is 5.95 Å². The van der Waals surface area contributed by atoms with Crippen LogP contribution in [0.15, 0.2) is 29.4 Å². The molecule has 0 unspecified atom stereocenters. The summed E-state index contributed by atoms with van der Waals surface area (Å²) in [6, 6.07) is 3.93. The Hall–Kier alpha value is -3.05. The lowest BCUT2D eigenvalue weighted by molar-refractivity contribution is 0.185. The highest BCUT2D eigenvalue weighted by molar-refractivity contribution is 6.09. The molecule has 2 saturated carbocycles. The van der Waals surface area contributed by atoms with Crippen molar-refractivity contribution >= 4 is 23.2 Å². The van der Waals surface area contributed by atoms with E-state index in [-0.39, 0.29) is 30.1 Å². The molecule has 0 spiro atoms. The molecule has 6 nitrogen and oxygen atoms in total. The average Bonchev–Trinajstić information content (AvgIpc) is 3.35. The third-order valence-corrected chi connectivity index (χ3v) is 6.58. The summed E-state index contributed by atoms with van der Waals surface area (Å²) in [5.74, 6) is 6.04. The van der Waals surface area contributed by atoms with Gasteiger partial charge in [-0.2, -0.15) is 0 Å². The number of halogens is 2. The molecule has 0 atom stereocenters.